The molecule has 0 aliphatic carbocycles. The molecule has 2 heterocycles. The Bertz CT molecular complexity index is 643. The van der Waals surface area contributed by atoms with Crippen LogP contribution in [0.15, 0.2) is 35.1 Å². The van der Waals surface area contributed by atoms with Crippen LogP contribution in [0.4, 0.5) is 5.82 Å². The molecule has 106 valence electrons. The second-order valence-corrected chi connectivity index (χ2v) is 5.66. The van der Waals surface area contributed by atoms with E-state index in [9.17, 15) is 4.79 Å². The molecule has 0 amide bonds. The first-order valence-electron chi connectivity index (χ1n) is 7.28. The number of anilines is 1. The fourth-order valence-electron chi connectivity index (χ4n) is 2.97. The van der Waals surface area contributed by atoms with Gasteiger partial charge in [-0.3, -0.25) is 4.79 Å². The minimum absolute atomic E-state index is 0.00767. The Morgan fingerprint density at radius 2 is 2.20 bits per heavy atom. The number of hydrogen-bond donors (Lipinski definition) is 2. The van der Waals surface area contributed by atoms with Crippen molar-refractivity contribution in [1.82, 2.24) is 10.3 Å². The Kier molecular flexibility index (Phi) is 3.74. The Hall–Kier alpha value is -1.81. The van der Waals surface area contributed by atoms with E-state index >= 15 is 0 Å². The largest absolute Gasteiger partial charge is 0.361 e. The van der Waals surface area contributed by atoms with Gasteiger partial charge in [0.15, 0.2) is 0 Å². The van der Waals surface area contributed by atoms with Gasteiger partial charge in [0.25, 0.3) is 5.56 Å². The minimum Gasteiger partial charge on any atom is -0.361 e. The molecule has 1 fully saturated rings. The summed E-state index contributed by atoms with van der Waals surface area (Å²) in [6, 6.07) is 9.78. The Morgan fingerprint density at radius 1 is 1.35 bits per heavy atom. The first kappa shape index (κ1) is 13.2. The van der Waals surface area contributed by atoms with Crippen LogP contribution in [0.5, 0.6) is 0 Å². The van der Waals surface area contributed by atoms with Crippen molar-refractivity contribution in [2.75, 3.05) is 31.6 Å². The molecule has 0 radical (unpaired) electrons. The zero-order valence-corrected chi connectivity index (χ0v) is 11.9. The van der Waals surface area contributed by atoms with Gasteiger partial charge in [-0.1, -0.05) is 18.2 Å². The number of nitrogens with zero attached hydrogens (tertiary/aromatic N) is 1. The van der Waals surface area contributed by atoms with Crippen molar-refractivity contribution in [2.24, 2.45) is 5.92 Å². The lowest BCUT2D eigenvalue weighted by Crippen LogP contribution is -2.37. The van der Waals surface area contributed by atoms with Gasteiger partial charge in [0.1, 0.15) is 5.82 Å². The van der Waals surface area contributed by atoms with Gasteiger partial charge in [0, 0.05) is 19.0 Å². The van der Waals surface area contributed by atoms with Crippen molar-refractivity contribution < 1.29 is 0 Å². The summed E-state index contributed by atoms with van der Waals surface area (Å²) in [5.74, 6) is 1.56. The SMILES string of the molecule is CN(CC1CCCNC1)c1cc2ccccc2c(=O)[nH]1. The summed E-state index contributed by atoms with van der Waals surface area (Å²) in [7, 11) is 2.05. The highest BCUT2D eigenvalue weighted by Crippen LogP contribution is 2.18. The number of fused-ring (bicyclic) bond motifs is 1. The minimum atomic E-state index is -0.00767. The predicted octanol–water partition coefficient (Wildman–Crippen LogP) is 1.96. The summed E-state index contributed by atoms with van der Waals surface area (Å²) in [6.07, 6.45) is 2.50. The molecule has 1 unspecified atom stereocenters. The van der Waals surface area contributed by atoms with Crippen molar-refractivity contribution in [3.63, 3.8) is 0 Å². The van der Waals surface area contributed by atoms with Gasteiger partial charge in [-0.25, -0.2) is 0 Å². The molecule has 2 aromatic rings. The van der Waals surface area contributed by atoms with E-state index in [1.54, 1.807) is 0 Å². The van der Waals surface area contributed by atoms with Crippen LogP contribution in [0.2, 0.25) is 0 Å². The van der Waals surface area contributed by atoms with Crippen molar-refractivity contribution in [3.05, 3.63) is 40.7 Å². The van der Waals surface area contributed by atoms with Crippen LogP contribution in [0.1, 0.15) is 12.8 Å². The van der Waals surface area contributed by atoms with Crippen LogP contribution in [0.3, 0.4) is 0 Å². The summed E-state index contributed by atoms with van der Waals surface area (Å²) in [4.78, 5) is 17.2. The van der Waals surface area contributed by atoms with Crippen LogP contribution < -0.4 is 15.8 Å². The summed E-state index contributed by atoms with van der Waals surface area (Å²) in [6.45, 7) is 3.18. The van der Waals surface area contributed by atoms with E-state index in [-0.39, 0.29) is 5.56 Å². The van der Waals surface area contributed by atoms with Crippen molar-refractivity contribution >= 4 is 16.6 Å². The average Bonchev–Trinajstić information content (AvgIpc) is 2.48. The Balaban J connectivity index is 1.83. The molecular weight excluding hydrogens is 250 g/mol. The molecule has 0 saturated carbocycles. The van der Waals surface area contributed by atoms with E-state index in [0.29, 0.717) is 5.92 Å². The third kappa shape index (κ3) is 2.70. The highest BCUT2D eigenvalue weighted by atomic mass is 16.1. The van der Waals surface area contributed by atoms with E-state index < -0.39 is 0 Å². The second-order valence-electron chi connectivity index (χ2n) is 5.66. The number of hydrogen-bond acceptors (Lipinski definition) is 3. The lowest BCUT2D eigenvalue weighted by atomic mass is 9.99. The normalized spacial score (nSPS) is 19.1. The molecule has 1 aromatic carbocycles. The molecule has 3 rings (SSSR count). The van der Waals surface area contributed by atoms with Gasteiger partial charge < -0.3 is 15.2 Å². The Labute approximate surface area is 118 Å². The Morgan fingerprint density at radius 3 is 3.00 bits per heavy atom. The van der Waals surface area contributed by atoms with Crippen LogP contribution >= 0.6 is 0 Å². The molecule has 0 bridgehead atoms. The van der Waals surface area contributed by atoms with Gasteiger partial charge in [0.2, 0.25) is 0 Å². The number of piperidine rings is 1. The van der Waals surface area contributed by atoms with Crippen molar-refractivity contribution in [1.29, 1.82) is 0 Å². The maximum Gasteiger partial charge on any atom is 0.257 e. The van der Waals surface area contributed by atoms with E-state index in [2.05, 4.69) is 28.3 Å². The average molecular weight is 271 g/mol. The quantitative estimate of drug-likeness (QED) is 0.897. The fraction of sp³-hybridized carbons (Fsp3) is 0.438. The number of rotatable bonds is 3. The molecule has 4 nitrogen and oxygen atoms in total. The van der Waals surface area contributed by atoms with Crippen LogP contribution in [0.25, 0.3) is 10.8 Å². The van der Waals surface area contributed by atoms with Gasteiger partial charge in [-0.15, -0.1) is 0 Å². The van der Waals surface area contributed by atoms with Crippen molar-refractivity contribution in [2.45, 2.75) is 12.8 Å². The molecule has 1 atom stereocenters. The molecule has 4 heteroatoms. The molecular formula is C16H21N3O. The fourth-order valence-corrected chi connectivity index (χ4v) is 2.97. The van der Waals surface area contributed by atoms with E-state index in [0.717, 1.165) is 36.2 Å². The highest BCUT2D eigenvalue weighted by molar-refractivity contribution is 5.83. The molecule has 1 aliphatic rings. The van der Waals surface area contributed by atoms with Crippen LogP contribution in [-0.2, 0) is 0 Å². The smallest absolute Gasteiger partial charge is 0.257 e. The molecule has 1 aliphatic heterocycles. The molecule has 20 heavy (non-hydrogen) atoms. The zero-order valence-electron chi connectivity index (χ0n) is 11.9. The summed E-state index contributed by atoms with van der Waals surface area (Å²) >= 11 is 0. The third-order valence-electron chi connectivity index (χ3n) is 4.08. The van der Waals surface area contributed by atoms with E-state index in [1.807, 2.05) is 24.3 Å². The maximum absolute atomic E-state index is 12.1. The monoisotopic (exact) mass is 271 g/mol. The molecule has 1 saturated heterocycles. The van der Waals surface area contributed by atoms with Gasteiger partial charge >= 0.3 is 0 Å². The predicted molar refractivity (Wildman–Crippen MR) is 83.4 cm³/mol. The number of benzene rings is 1. The standard InChI is InChI=1S/C16H21N3O/c1-19(11-12-5-4-8-17-10-12)15-9-13-6-2-3-7-14(13)16(20)18-15/h2-3,6-7,9,12,17H,4-5,8,10-11H2,1H3,(H,18,20). The summed E-state index contributed by atoms with van der Waals surface area (Å²) in [5.41, 5.74) is -0.00767. The first-order valence-corrected chi connectivity index (χ1v) is 7.28. The number of pyridine rings is 1. The maximum atomic E-state index is 12.1. The zero-order chi connectivity index (χ0) is 13.9. The lowest BCUT2D eigenvalue weighted by molar-refractivity contribution is 0.380. The van der Waals surface area contributed by atoms with Gasteiger partial charge in [-0.2, -0.15) is 0 Å². The summed E-state index contributed by atoms with van der Waals surface area (Å²) < 4.78 is 0. The molecule has 2 N–H and O–H groups in total. The molecule has 0 spiro atoms. The first-order chi connectivity index (χ1) is 9.74. The van der Waals surface area contributed by atoms with Crippen LogP contribution in [-0.4, -0.2) is 31.7 Å². The number of aromatic nitrogens is 1. The number of aromatic amines is 1. The number of nitrogens with one attached hydrogen (secondary N) is 2. The molecule has 1 aromatic heterocycles. The van der Waals surface area contributed by atoms with Crippen LogP contribution in [0, 0.1) is 5.92 Å². The second kappa shape index (κ2) is 5.67. The third-order valence-corrected chi connectivity index (χ3v) is 4.08. The highest BCUT2D eigenvalue weighted by Gasteiger charge is 2.16. The van der Waals surface area contributed by atoms with Crippen molar-refractivity contribution in [3.8, 4) is 0 Å². The van der Waals surface area contributed by atoms with Gasteiger partial charge in [0.05, 0.1) is 0 Å². The summed E-state index contributed by atoms with van der Waals surface area (Å²) in [5, 5.41) is 5.19. The van der Waals surface area contributed by atoms with E-state index in [1.165, 1.54) is 12.8 Å². The van der Waals surface area contributed by atoms with Gasteiger partial charge in [-0.05, 0) is 49.4 Å². The number of H-pyrrole nitrogens is 1. The topological polar surface area (TPSA) is 48.1 Å². The lowest BCUT2D eigenvalue weighted by Gasteiger charge is -2.28. The van der Waals surface area contributed by atoms with E-state index in [4.69, 9.17) is 0 Å².